The first kappa shape index (κ1) is 18.8. The molecule has 140 valence electrons. The highest BCUT2D eigenvalue weighted by Gasteiger charge is 2.13. The molecule has 0 aliphatic heterocycles. The van der Waals surface area contributed by atoms with Gasteiger partial charge in [0.25, 0.3) is 5.22 Å². The van der Waals surface area contributed by atoms with Crippen LogP contribution in [0.15, 0.2) is 70.3 Å². The van der Waals surface area contributed by atoms with E-state index in [1.54, 1.807) is 18.2 Å². The summed E-state index contributed by atoms with van der Waals surface area (Å²) in [7, 11) is 0. The topological polar surface area (TPSA) is 68.0 Å². The van der Waals surface area contributed by atoms with Crippen molar-refractivity contribution < 1.29 is 9.21 Å². The number of rotatable bonds is 5. The summed E-state index contributed by atoms with van der Waals surface area (Å²) in [4.78, 5) is 12.2. The average Bonchev–Trinajstić information content (AvgIpc) is 3.14. The highest BCUT2D eigenvalue weighted by molar-refractivity contribution is 7.99. The Kier molecular flexibility index (Phi) is 5.52. The van der Waals surface area contributed by atoms with E-state index >= 15 is 0 Å². The Morgan fingerprint density at radius 2 is 1.75 bits per heavy atom. The standard InChI is InChI=1S/C20H13Cl2N3O2S/c21-13-8-14(22)10-15(9-13)23-18(26)11-28-20-25-24-19(27-20)17-7-3-5-12-4-1-2-6-16(12)17/h1-10H,11H2,(H,23,26). The number of amides is 1. The molecule has 0 spiro atoms. The van der Waals surface area contributed by atoms with E-state index in [2.05, 4.69) is 15.5 Å². The molecule has 1 N–H and O–H groups in total. The number of hydrogen-bond donors (Lipinski definition) is 1. The fourth-order valence-electron chi connectivity index (χ4n) is 2.74. The molecule has 5 nitrogen and oxygen atoms in total. The van der Waals surface area contributed by atoms with E-state index in [9.17, 15) is 4.79 Å². The Labute approximate surface area is 175 Å². The summed E-state index contributed by atoms with van der Waals surface area (Å²) in [6, 6.07) is 18.7. The summed E-state index contributed by atoms with van der Waals surface area (Å²) in [5, 5.41) is 14.2. The Morgan fingerprint density at radius 1 is 1.00 bits per heavy atom. The zero-order valence-electron chi connectivity index (χ0n) is 14.4. The van der Waals surface area contributed by atoms with Crippen LogP contribution in [0.5, 0.6) is 0 Å². The zero-order chi connectivity index (χ0) is 19.5. The molecule has 0 atom stereocenters. The molecule has 3 aromatic carbocycles. The second-order valence-corrected chi connectivity index (χ2v) is 7.69. The number of carbonyl (C=O) groups is 1. The molecule has 28 heavy (non-hydrogen) atoms. The van der Waals surface area contributed by atoms with Gasteiger partial charge in [0.1, 0.15) is 0 Å². The Hall–Kier alpha value is -2.54. The van der Waals surface area contributed by atoms with Crippen LogP contribution in [0.25, 0.3) is 22.2 Å². The maximum Gasteiger partial charge on any atom is 0.277 e. The van der Waals surface area contributed by atoms with Gasteiger partial charge in [0, 0.05) is 21.3 Å². The van der Waals surface area contributed by atoms with Crippen LogP contribution in [0.1, 0.15) is 0 Å². The molecular weight excluding hydrogens is 417 g/mol. The van der Waals surface area contributed by atoms with E-state index in [1.807, 2.05) is 42.5 Å². The largest absolute Gasteiger partial charge is 0.411 e. The fraction of sp³-hybridized carbons (Fsp3) is 0.0500. The van der Waals surface area contributed by atoms with Crippen molar-refractivity contribution in [2.75, 3.05) is 11.1 Å². The number of thioether (sulfide) groups is 1. The summed E-state index contributed by atoms with van der Waals surface area (Å²) < 4.78 is 5.74. The third kappa shape index (κ3) is 4.30. The lowest BCUT2D eigenvalue weighted by Crippen LogP contribution is -2.13. The Bertz CT molecular complexity index is 1140. The van der Waals surface area contributed by atoms with Crippen LogP contribution in [0.2, 0.25) is 10.0 Å². The molecular formula is C20H13Cl2N3O2S. The Morgan fingerprint density at radius 3 is 2.57 bits per heavy atom. The van der Waals surface area contributed by atoms with Crippen molar-refractivity contribution >= 4 is 57.3 Å². The van der Waals surface area contributed by atoms with Gasteiger partial charge in [-0.15, -0.1) is 10.2 Å². The van der Waals surface area contributed by atoms with E-state index in [0.717, 1.165) is 28.1 Å². The van der Waals surface area contributed by atoms with Crippen molar-refractivity contribution in [3.05, 3.63) is 70.7 Å². The monoisotopic (exact) mass is 429 g/mol. The van der Waals surface area contributed by atoms with Gasteiger partial charge >= 0.3 is 0 Å². The lowest BCUT2D eigenvalue weighted by atomic mass is 10.0. The summed E-state index contributed by atoms with van der Waals surface area (Å²) in [5.74, 6) is 0.302. The third-order valence-corrected chi connectivity index (χ3v) is 5.15. The van der Waals surface area contributed by atoms with Crippen molar-refractivity contribution in [3.8, 4) is 11.5 Å². The predicted octanol–water partition coefficient (Wildman–Crippen LogP) is 5.93. The number of nitrogens with zero attached hydrogens (tertiary/aromatic N) is 2. The molecule has 4 aromatic rings. The van der Waals surface area contributed by atoms with E-state index in [1.165, 1.54) is 0 Å². The van der Waals surface area contributed by atoms with Crippen molar-refractivity contribution in [1.29, 1.82) is 0 Å². The van der Waals surface area contributed by atoms with E-state index in [0.29, 0.717) is 26.8 Å². The van der Waals surface area contributed by atoms with Crippen LogP contribution in [0.4, 0.5) is 5.69 Å². The van der Waals surface area contributed by atoms with Gasteiger partial charge in [0.2, 0.25) is 11.8 Å². The molecule has 0 fully saturated rings. The third-order valence-electron chi connectivity index (χ3n) is 3.90. The van der Waals surface area contributed by atoms with Gasteiger partial charge in [0.15, 0.2) is 0 Å². The van der Waals surface area contributed by atoms with Gasteiger partial charge in [-0.2, -0.15) is 0 Å². The second-order valence-electron chi connectivity index (χ2n) is 5.89. The van der Waals surface area contributed by atoms with Gasteiger partial charge in [-0.1, -0.05) is 71.4 Å². The summed E-state index contributed by atoms with van der Waals surface area (Å²) in [6.07, 6.45) is 0. The first-order valence-electron chi connectivity index (χ1n) is 8.29. The van der Waals surface area contributed by atoms with Gasteiger partial charge < -0.3 is 9.73 Å². The van der Waals surface area contributed by atoms with Gasteiger partial charge in [-0.3, -0.25) is 4.79 Å². The maximum atomic E-state index is 12.2. The normalized spacial score (nSPS) is 10.9. The number of halogens is 2. The number of fused-ring (bicyclic) bond motifs is 1. The zero-order valence-corrected chi connectivity index (χ0v) is 16.7. The molecule has 0 unspecified atom stereocenters. The molecule has 8 heteroatoms. The first-order chi connectivity index (χ1) is 13.6. The molecule has 0 aliphatic rings. The van der Waals surface area contributed by atoms with Crippen LogP contribution in [0, 0.1) is 0 Å². The number of nitrogens with one attached hydrogen (secondary N) is 1. The van der Waals surface area contributed by atoms with Gasteiger partial charge in [-0.25, -0.2) is 0 Å². The highest BCUT2D eigenvalue weighted by atomic mass is 35.5. The van der Waals surface area contributed by atoms with E-state index < -0.39 is 0 Å². The lowest BCUT2D eigenvalue weighted by Gasteiger charge is -2.05. The quantitative estimate of drug-likeness (QED) is 0.398. The number of carbonyl (C=O) groups excluding carboxylic acids is 1. The van der Waals surface area contributed by atoms with Gasteiger partial charge in [0.05, 0.1) is 5.75 Å². The predicted molar refractivity (Wildman–Crippen MR) is 113 cm³/mol. The number of anilines is 1. The van der Waals surface area contributed by atoms with Crippen molar-refractivity contribution in [3.63, 3.8) is 0 Å². The molecule has 0 saturated carbocycles. The molecule has 4 rings (SSSR count). The molecule has 0 bridgehead atoms. The minimum absolute atomic E-state index is 0.112. The van der Waals surface area contributed by atoms with E-state index in [-0.39, 0.29) is 11.7 Å². The van der Waals surface area contributed by atoms with Gasteiger partial charge in [-0.05, 0) is 35.0 Å². The minimum Gasteiger partial charge on any atom is -0.411 e. The molecule has 0 aliphatic carbocycles. The fourth-order valence-corrected chi connectivity index (χ4v) is 3.83. The molecule has 0 radical (unpaired) electrons. The maximum absolute atomic E-state index is 12.2. The summed E-state index contributed by atoms with van der Waals surface area (Å²) in [5.41, 5.74) is 1.39. The lowest BCUT2D eigenvalue weighted by molar-refractivity contribution is -0.113. The smallest absolute Gasteiger partial charge is 0.277 e. The highest BCUT2D eigenvalue weighted by Crippen LogP contribution is 2.29. The summed E-state index contributed by atoms with van der Waals surface area (Å²) in [6.45, 7) is 0. The SMILES string of the molecule is O=C(CSc1nnc(-c2cccc3ccccc23)o1)Nc1cc(Cl)cc(Cl)c1. The van der Waals surface area contributed by atoms with Crippen LogP contribution < -0.4 is 5.32 Å². The molecule has 1 heterocycles. The molecule has 1 amide bonds. The van der Waals surface area contributed by atoms with Crippen LogP contribution >= 0.6 is 35.0 Å². The minimum atomic E-state index is -0.228. The number of aromatic nitrogens is 2. The Balaban J connectivity index is 1.44. The number of hydrogen-bond acceptors (Lipinski definition) is 5. The first-order valence-corrected chi connectivity index (χ1v) is 10.0. The summed E-state index contributed by atoms with van der Waals surface area (Å²) >= 11 is 13.0. The van der Waals surface area contributed by atoms with Crippen LogP contribution in [-0.2, 0) is 4.79 Å². The molecule has 1 aromatic heterocycles. The van der Waals surface area contributed by atoms with Crippen molar-refractivity contribution in [1.82, 2.24) is 10.2 Å². The van der Waals surface area contributed by atoms with Crippen molar-refractivity contribution in [2.24, 2.45) is 0 Å². The van der Waals surface area contributed by atoms with Crippen LogP contribution in [-0.4, -0.2) is 21.9 Å². The average molecular weight is 430 g/mol. The number of benzene rings is 3. The van der Waals surface area contributed by atoms with Crippen molar-refractivity contribution in [2.45, 2.75) is 5.22 Å². The van der Waals surface area contributed by atoms with E-state index in [4.69, 9.17) is 27.6 Å². The molecule has 0 saturated heterocycles. The van der Waals surface area contributed by atoms with Crippen LogP contribution in [0.3, 0.4) is 0 Å². The second kappa shape index (κ2) is 8.22.